The lowest BCUT2D eigenvalue weighted by Gasteiger charge is -2.28. The Morgan fingerprint density at radius 1 is 1.00 bits per heavy atom. The summed E-state index contributed by atoms with van der Waals surface area (Å²) >= 11 is 0. The van der Waals surface area contributed by atoms with Crippen LogP contribution in [0.3, 0.4) is 0 Å². The van der Waals surface area contributed by atoms with Crippen molar-refractivity contribution < 1.29 is 14.3 Å². The third-order valence-corrected chi connectivity index (χ3v) is 3.16. The summed E-state index contributed by atoms with van der Waals surface area (Å²) in [4.78, 5) is 12.1. The van der Waals surface area contributed by atoms with Crippen molar-refractivity contribution in [2.75, 3.05) is 33.0 Å². The molecule has 23 heavy (non-hydrogen) atoms. The maximum Gasteiger partial charge on any atom is 0.220 e. The number of nitrogens with two attached hydrogens (primary N) is 1. The van der Waals surface area contributed by atoms with Crippen molar-refractivity contribution in [3.05, 3.63) is 0 Å². The Kier molecular flexibility index (Phi) is 9.97. The van der Waals surface area contributed by atoms with Crippen LogP contribution in [0.4, 0.5) is 0 Å². The highest BCUT2D eigenvalue weighted by atomic mass is 16.5. The fraction of sp³-hybridized carbons (Fsp3) is 0.944. The number of hydrogen-bond donors (Lipinski definition) is 2. The average Bonchev–Trinajstić information content (AvgIpc) is 2.34. The minimum Gasteiger partial charge on any atom is -0.381 e. The quantitative estimate of drug-likeness (QED) is 0.577. The maximum atomic E-state index is 12.1. The third kappa shape index (κ3) is 13.5. The van der Waals surface area contributed by atoms with Crippen molar-refractivity contribution in [1.29, 1.82) is 0 Å². The van der Waals surface area contributed by atoms with Crippen LogP contribution in [0.15, 0.2) is 0 Å². The van der Waals surface area contributed by atoms with Gasteiger partial charge in [0.15, 0.2) is 0 Å². The summed E-state index contributed by atoms with van der Waals surface area (Å²) < 4.78 is 11.2. The van der Waals surface area contributed by atoms with Crippen molar-refractivity contribution >= 4 is 5.91 Å². The third-order valence-electron chi connectivity index (χ3n) is 3.16. The maximum absolute atomic E-state index is 12.1. The molecule has 1 amide bonds. The van der Waals surface area contributed by atoms with Crippen LogP contribution in [0.5, 0.6) is 0 Å². The summed E-state index contributed by atoms with van der Waals surface area (Å²) in [6.45, 7) is 17.2. The van der Waals surface area contributed by atoms with Gasteiger partial charge >= 0.3 is 0 Å². The molecule has 0 radical (unpaired) electrons. The Morgan fingerprint density at radius 2 is 1.48 bits per heavy atom. The van der Waals surface area contributed by atoms with Crippen molar-refractivity contribution in [2.24, 2.45) is 23.0 Å². The number of ether oxygens (including phenoxy) is 2. The first-order valence-corrected chi connectivity index (χ1v) is 8.64. The van der Waals surface area contributed by atoms with E-state index >= 15 is 0 Å². The van der Waals surface area contributed by atoms with Crippen LogP contribution in [0.1, 0.15) is 54.9 Å². The van der Waals surface area contributed by atoms with Crippen LogP contribution in [-0.4, -0.2) is 44.4 Å². The summed E-state index contributed by atoms with van der Waals surface area (Å²) in [6.07, 6.45) is 0.425. The van der Waals surface area contributed by atoms with Crippen LogP contribution < -0.4 is 11.1 Å². The molecule has 0 aliphatic rings. The molecule has 0 aliphatic carbocycles. The molecule has 0 spiro atoms. The van der Waals surface area contributed by atoms with Gasteiger partial charge in [-0.15, -0.1) is 0 Å². The van der Waals surface area contributed by atoms with E-state index in [1.165, 1.54) is 0 Å². The SMILES string of the molecule is CC(C)COCC(C)(C)CC(=O)NCC(C)(N)COCC(C)C. The normalized spacial score (nSPS) is 15.0. The predicted octanol–water partition coefficient (Wildman–Crippen LogP) is 2.58. The van der Waals surface area contributed by atoms with Gasteiger partial charge in [-0.1, -0.05) is 41.5 Å². The van der Waals surface area contributed by atoms with Crippen LogP contribution in [-0.2, 0) is 14.3 Å². The van der Waals surface area contributed by atoms with E-state index in [-0.39, 0.29) is 11.3 Å². The van der Waals surface area contributed by atoms with E-state index in [0.717, 1.165) is 6.61 Å². The predicted molar refractivity (Wildman–Crippen MR) is 95.3 cm³/mol. The smallest absolute Gasteiger partial charge is 0.220 e. The summed E-state index contributed by atoms with van der Waals surface area (Å²) in [5.41, 5.74) is 5.43. The summed E-state index contributed by atoms with van der Waals surface area (Å²) in [6, 6.07) is 0. The van der Waals surface area contributed by atoms with Crippen molar-refractivity contribution in [2.45, 2.75) is 60.4 Å². The molecule has 1 atom stereocenters. The first kappa shape index (κ1) is 22.4. The molecule has 1 unspecified atom stereocenters. The molecule has 5 heteroatoms. The van der Waals surface area contributed by atoms with E-state index in [9.17, 15) is 4.79 Å². The van der Waals surface area contributed by atoms with Gasteiger partial charge in [0.1, 0.15) is 0 Å². The van der Waals surface area contributed by atoms with Crippen LogP contribution in [0.2, 0.25) is 0 Å². The molecule has 0 aromatic rings. The Morgan fingerprint density at radius 3 is 1.96 bits per heavy atom. The summed E-state index contributed by atoms with van der Waals surface area (Å²) in [5, 5.41) is 2.92. The topological polar surface area (TPSA) is 73.6 Å². The number of rotatable bonds is 12. The Labute approximate surface area is 142 Å². The standard InChI is InChI=1S/C18H38N2O3/c1-14(2)9-22-12-17(5,6)8-16(21)20-11-18(7,19)13-23-10-15(3)4/h14-15H,8-13,19H2,1-7H3,(H,20,21). The van der Waals surface area contributed by atoms with E-state index in [4.69, 9.17) is 15.2 Å². The molecule has 0 bridgehead atoms. The molecular formula is C18H38N2O3. The number of carbonyl (C=O) groups is 1. The lowest BCUT2D eigenvalue weighted by molar-refractivity contribution is -0.124. The molecule has 0 rings (SSSR count). The van der Waals surface area contributed by atoms with Gasteiger partial charge in [0, 0.05) is 26.2 Å². The molecule has 0 heterocycles. The van der Waals surface area contributed by atoms with Gasteiger partial charge in [-0.3, -0.25) is 4.79 Å². The highest BCUT2D eigenvalue weighted by molar-refractivity contribution is 5.76. The van der Waals surface area contributed by atoms with Crippen molar-refractivity contribution in [3.8, 4) is 0 Å². The lowest BCUT2D eigenvalue weighted by atomic mass is 9.90. The molecule has 0 aromatic heterocycles. The Bertz CT molecular complexity index is 339. The van der Waals surface area contributed by atoms with Gasteiger partial charge in [0.05, 0.1) is 18.8 Å². The van der Waals surface area contributed by atoms with E-state index in [1.54, 1.807) is 0 Å². The van der Waals surface area contributed by atoms with Gasteiger partial charge in [-0.05, 0) is 24.2 Å². The van der Waals surface area contributed by atoms with Gasteiger partial charge in [-0.2, -0.15) is 0 Å². The first-order valence-electron chi connectivity index (χ1n) is 8.64. The van der Waals surface area contributed by atoms with Crippen LogP contribution in [0, 0.1) is 17.3 Å². The van der Waals surface area contributed by atoms with E-state index in [1.807, 2.05) is 20.8 Å². The monoisotopic (exact) mass is 330 g/mol. The van der Waals surface area contributed by atoms with Crippen LogP contribution >= 0.6 is 0 Å². The molecule has 3 N–H and O–H groups in total. The minimum atomic E-state index is -0.553. The Balaban J connectivity index is 4.07. The summed E-state index contributed by atoms with van der Waals surface area (Å²) in [5.74, 6) is 0.985. The van der Waals surface area contributed by atoms with Crippen LogP contribution in [0.25, 0.3) is 0 Å². The highest BCUT2D eigenvalue weighted by Gasteiger charge is 2.25. The first-order chi connectivity index (χ1) is 10.4. The van der Waals surface area contributed by atoms with Crippen molar-refractivity contribution in [1.82, 2.24) is 5.32 Å². The fourth-order valence-corrected chi connectivity index (χ4v) is 2.00. The second kappa shape index (κ2) is 10.3. The lowest BCUT2D eigenvalue weighted by Crippen LogP contribution is -2.51. The second-order valence-electron chi connectivity index (χ2n) is 8.59. The average molecular weight is 331 g/mol. The fourth-order valence-electron chi connectivity index (χ4n) is 2.00. The summed E-state index contributed by atoms with van der Waals surface area (Å²) in [7, 11) is 0. The largest absolute Gasteiger partial charge is 0.381 e. The zero-order chi connectivity index (χ0) is 18.1. The molecule has 138 valence electrons. The molecule has 0 saturated heterocycles. The zero-order valence-electron chi connectivity index (χ0n) is 16.2. The van der Waals surface area contributed by atoms with Gasteiger partial charge < -0.3 is 20.5 Å². The zero-order valence-corrected chi connectivity index (χ0v) is 16.2. The number of carbonyl (C=O) groups excluding carboxylic acids is 1. The number of nitrogens with one attached hydrogen (secondary N) is 1. The van der Waals surface area contributed by atoms with E-state index in [2.05, 4.69) is 33.0 Å². The van der Waals surface area contributed by atoms with Crippen molar-refractivity contribution in [3.63, 3.8) is 0 Å². The molecule has 0 fully saturated rings. The van der Waals surface area contributed by atoms with Gasteiger partial charge in [0.2, 0.25) is 5.91 Å². The minimum absolute atomic E-state index is 0.00341. The van der Waals surface area contributed by atoms with Gasteiger partial charge in [-0.25, -0.2) is 0 Å². The molecule has 5 nitrogen and oxygen atoms in total. The highest BCUT2D eigenvalue weighted by Crippen LogP contribution is 2.21. The Hall–Kier alpha value is -0.650. The van der Waals surface area contributed by atoms with E-state index < -0.39 is 5.54 Å². The number of hydrogen-bond acceptors (Lipinski definition) is 4. The molecule has 0 aliphatic heterocycles. The van der Waals surface area contributed by atoms with Gasteiger partial charge in [0.25, 0.3) is 0 Å². The second-order valence-corrected chi connectivity index (χ2v) is 8.59. The number of amides is 1. The molecule has 0 saturated carbocycles. The molecular weight excluding hydrogens is 292 g/mol. The van der Waals surface area contributed by atoms with E-state index in [0.29, 0.717) is 44.6 Å². The molecule has 0 aromatic carbocycles.